The van der Waals surface area contributed by atoms with Gasteiger partial charge in [-0.15, -0.1) is 0 Å². The molecule has 1 saturated heterocycles. The lowest BCUT2D eigenvalue weighted by molar-refractivity contribution is -0.384. The molecule has 4 aromatic carbocycles. The van der Waals surface area contributed by atoms with Crippen molar-refractivity contribution in [3.63, 3.8) is 0 Å². The van der Waals surface area contributed by atoms with E-state index in [9.17, 15) is 14.9 Å². The minimum atomic E-state index is -0.435. The molecule has 0 bridgehead atoms. The quantitative estimate of drug-likeness (QED) is 0.162. The lowest BCUT2D eigenvalue weighted by Crippen LogP contribution is -2.19. The van der Waals surface area contributed by atoms with Gasteiger partial charge in [-0.05, 0) is 64.9 Å². The lowest BCUT2D eigenvalue weighted by Gasteiger charge is -2.12. The van der Waals surface area contributed by atoms with Gasteiger partial charge < -0.3 is 10.1 Å². The number of thioether (sulfide) groups is 1. The van der Waals surface area contributed by atoms with Crippen LogP contribution in [-0.4, -0.2) is 16.0 Å². The first-order valence-corrected chi connectivity index (χ1v) is 12.5. The zero-order valence-corrected chi connectivity index (χ0v) is 21.2. The van der Waals surface area contributed by atoms with Gasteiger partial charge in [-0.2, -0.15) is 0 Å². The lowest BCUT2D eigenvalue weighted by atomic mass is 10.0. The monoisotopic (exact) mass is 529 g/mol. The van der Waals surface area contributed by atoms with E-state index in [4.69, 9.17) is 16.3 Å². The Morgan fingerprint density at radius 3 is 2.73 bits per heavy atom. The Morgan fingerprint density at radius 1 is 1.08 bits per heavy atom. The molecule has 1 heterocycles. The number of rotatable bonds is 6. The van der Waals surface area contributed by atoms with Crippen molar-refractivity contribution in [2.24, 2.45) is 4.99 Å². The van der Waals surface area contributed by atoms with Crippen LogP contribution in [0.3, 0.4) is 0 Å². The average molecular weight is 530 g/mol. The minimum absolute atomic E-state index is 0.00253. The zero-order chi connectivity index (χ0) is 25.9. The Kier molecular flexibility index (Phi) is 6.94. The molecular formula is C28H20ClN3O4S. The molecule has 0 aliphatic carbocycles. The van der Waals surface area contributed by atoms with Crippen LogP contribution in [0.25, 0.3) is 16.8 Å². The number of benzene rings is 4. The number of ether oxygens (including phenoxy) is 1. The fourth-order valence-corrected chi connectivity index (χ4v) is 4.90. The average Bonchev–Trinajstić information content (AvgIpc) is 3.24. The molecule has 0 atom stereocenters. The van der Waals surface area contributed by atoms with E-state index in [-0.39, 0.29) is 18.2 Å². The summed E-state index contributed by atoms with van der Waals surface area (Å²) in [7, 11) is 0. The number of hydrogen-bond donors (Lipinski definition) is 1. The summed E-state index contributed by atoms with van der Waals surface area (Å²) in [5.74, 6) is 0.295. The highest BCUT2D eigenvalue weighted by Gasteiger charge is 2.25. The summed E-state index contributed by atoms with van der Waals surface area (Å²) in [6.45, 7) is 2.01. The topological polar surface area (TPSA) is 93.8 Å². The molecule has 0 spiro atoms. The van der Waals surface area contributed by atoms with E-state index in [1.807, 2.05) is 55.5 Å². The Morgan fingerprint density at radius 2 is 1.89 bits per heavy atom. The SMILES string of the molecule is Cc1c(Cl)cccc1N=C1NC(=O)/C(=C\c2c(OCc3cccc([N+](=O)[O-])c3)ccc3ccccc23)S1. The van der Waals surface area contributed by atoms with Crippen molar-refractivity contribution < 1.29 is 14.5 Å². The van der Waals surface area contributed by atoms with Crippen molar-refractivity contribution in [2.75, 3.05) is 0 Å². The molecular weight excluding hydrogens is 510 g/mol. The van der Waals surface area contributed by atoms with Gasteiger partial charge in [0.05, 0.1) is 15.5 Å². The smallest absolute Gasteiger partial charge is 0.269 e. The number of fused-ring (bicyclic) bond motifs is 1. The van der Waals surface area contributed by atoms with Crippen LogP contribution in [0.2, 0.25) is 5.02 Å². The summed E-state index contributed by atoms with van der Waals surface area (Å²) in [4.78, 5) is 28.6. The third-order valence-corrected chi connectivity index (χ3v) is 7.15. The zero-order valence-electron chi connectivity index (χ0n) is 19.6. The Balaban J connectivity index is 1.49. The predicted octanol–water partition coefficient (Wildman–Crippen LogP) is 7.18. The molecule has 7 nitrogen and oxygen atoms in total. The summed E-state index contributed by atoms with van der Waals surface area (Å²) >= 11 is 7.45. The predicted molar refractivity (Wildman–Crippen MR) is 148 cm³/mol. The number of hydrogen-bond acceptors (Lipinski definition) is 6. The van der Waals surface area contributed by atoms with Gasteiger partial charge >= 0.3 is 0 Å². The van der Waals surface area contributed by atoms with Gasteiger partial charge in [-0.3, -0.25) is 14.9 Å². The van der Waals surface area contributed by atoms with Gasteiger partial charge in [0.1, 0.15) is 12.4 Å². The van der Waals surface area contributed by atoms with E-state index in [1.54, 1.807) is 24.3 Å². The molecule has 5 rings (SSSR count). The molecule has 0 unspecified atom stereocenters. The van der Waals surface area contributed by atoms with Gasteiger partial charge in [0.25, 0.3) is 11.6 Å². The van der Waals surface area contributed by atoms with E-state index < -0.39 is 4.92 Å². The maximum absolute atomic E-state index is 12.8. The molecule has 0 saturated carbocycles. The minimum Gasteiger partial charge on any atom is -0.488 e. The molecule has 9 heteroatoms. The van der Waals surface area contributed by atoms with Crippen LogP contribution in [0, 0.1) is 17.0 Å². The molecule has 37 heavy (non-hydrogen) atoms. The maximum atomic E-state index is 12.8. The second-order valence-electron chi connectivity index (χ2n) is 8.28. The van der Waals surface area contributed by atoms with Gasteiger partial charge in [0.15, 0.2) is 5.17 Å². The van der Waals surface area contributed by atoms with Crippen LogP contribution in [-0.2, 0) is 11.4 Å². The van der Waals surface area contributed by atoms with Gasteiger partial charge in [0.2, 0.25) is 0 Å². The summed E-state index contributed by atoms with van der Waals surface area (Å²) < 4.78 is 6.11. The number of nitro benzene ring substituents is 1. The first-order valence-electron chi connectivity index (χ1n) is 11.3. The number of amides is 1. The third kappa shape index (κ3) is 5.35. The van der Waals surface area contributed by atoms with E-state index in [0.29, 0.717) is 32.1 Å². The highest BCUT2D eigenvalue weighted by molar-refractivity contribution is 8.18. The molecule has 1 amide bonds. The first-order chi connectivity index (χ1) is 17.9. The van der Waals surface area contributed by atoms with E-state index in [2.05, 4.69) is 10.3 Å². The van der Waals surface area contributed by atoms with Crippen molar-refractivity contribution in [1.29, 1.82) is 0 Å². The van der Waals surface area contributed by atoms with Crippen LogP contribution >= 0.6 is 23.4 Å². The third-order valence-electron chi connectivity index (χ3n) is 5.83. The fourth-order valence-electron chi connectivity index (χ4n) is 3.91. The molecule has 1 N–H and O–H groups in total. The summed E-state index contributed by atoms with van der Waals surface area (Å²) in [5, 5.41) is 16.9. The molecule has 184 valence electrons. The van der Waals surface area contributed by atoms with Crippen LogP contribution < -0.4 is 10.1 Å². The van der Waals surface area contributed by atoms with Crippen molar-refractivity contribution >= 4 is 62.7 Å². The number of nitro groups is 1. The molecule has 1 aliphatic rings. The van der Waals surface area contributed by atoms with Crippen molar-refractivity contribution in [1.82, 2.24) is 5.32 Å². The number of nitrogens with one attached hydrogen (secondary N) is 1. The van der Waals surface area contributed by atoms with Crippen LogP contribution in [0.15, 0.2) is 88.8 Å². The Hall–Kier alpha value is -4.14. The highest BCUT2D eigenvalue weighted by atomic mass is 35.5. The van der Waals surface area contributed by atoms with E-state index in [0.717, 1.165) is 21.9 Å². The number of amidine groups is 1. The van der Waals surface area contributed by atoms with Gasteiger partial charge in [0, 0.05) is 22.7 Å². The van der Waals surface area contributed by atoms with Crippen LogP contribution in [0.4, 0.5) is 11.4 Å². The fraction of sp³-hybridized carbons (Fsp3) is 0.0714. The van der Waals surface area contributed by atoms with Crippen LogP contribution in [0.5, 0.6) is 5.75 Å². The number of halogens is 1. The molecule has 1 aliphatic heterocycles. The Labute approximate surface area is 222 Å². The van der Waals surface area contributed by atoms with Crippen LogP contribution in [0.1, 0.15) is 16.7 Å². The molecule has 1 fully saturated rings. The molecule has 0 aromatic heterocycles. The summed E-state index contributed by atoms with van der Waals surface area (Å²) in [6, 6.07) is 23.4. The Bertz CT molecular complexity index is 1620. The maximum Gasteiger partial charge on any atom is 0.269 e. The first kappa shape index (κ1) is 24.5. The molecule has 4 aromatic rings. The second-order valence-corrected chi connectivity index (χ2v) is 9.72. The number of carbonyl (C=O) groups is 1. The highest BCUT2D eigenvalue weighted by Crippen LogP contribution is 2.36. The number of non-ortho nitro benzene ring substituents is 1. The number of aliphatic imine (C=N–C) groups is 1. The largest absolute Gasteiger partial charge is 0.488 e. The number of nitrogens with zero attached hydrogens (tertiary/aromatic N) is 2. The van der Waals surface area contributed by atoms with Crippen molar-refractivity contribution in [2.45, 2.75) is 13.5 Å². The van der Waals surface area contributed by atoms with E-state index in [1.165, 1.54) is 23.9 Å². The summed E-state index contributed by atoms with van der Waals surface area (Å²) in [6.07, 6.45) is 1.79. The van der Waals surface area contributed by atoms with Gasteiger partial charge in [-0.25, -0.2) is 4.99 Å². The van der Waals surface area contributed by atoms with Gasteiger partial charge in [-0.1, -0.05) is 60.1 Å². The van der Waals surface area contributed by atoms with Crippen molar-refractivity contribution in [3.8, 4) is 5.75 Å². The number of carbonyl (C=O) groups excluding carboxylic acids is 1. The summed E-state index contributed by atoms with van der Waals surface area (Å²) in [5.41, 5.74) is 2.92. The van der Waals surface area contributed by atoms with Crippen molar-refractivity contribution in [3.05, 3.63) is 116 Å². The second kappa shape index (κ2) is 10.5. The molecule has 0 radical (unpaired) electrons. The standard InChI is InChI=1S/C28H20ClN3O4S/c1-17-23(29)10-5-11-24(17)30-28-31-27(33)26(37-28)15-22-21-9-3-2-7-19(21)12-13-25(22)36-16-18-6-4-8-20(14-18)32(34)35/h2-15H,16H2,1H3,(H,30,31,33)/b26-15+. The normalized spacial score (nSPS) is 15.4. The van der Waals surface area contributed by atoms with E-state index >= 15 is 0 Å².